The number of nitrogens with one attached hydrogen (secondary N) is 1. The molecule has 0 bridgehead atoms. The molecule has 3 aromatic rings. The molecule has 1 atom stereocenters. The van der Waals surface area contributed by atoms with E-state index in [1.54, 1.807) is 42.6 Å². The number of anilines is 2. The summed E-state index contributed by atoms with van der Waals surface area (Å²) in [5.41, 5.74) is 1.10. The first-order chi connectivity index (χ1) is 13.0. The zero-order valence-corrected chi connectivity index (χ0v) is 14.7. The van der Waals surface area contributed by atoms with Gasteiger partial charge in [-0.15, -0.1) is 0 Å². The summed E-state index contributed by atoms with van der Waals surface area (Å²) in [6, 6.07) is 15.1. The number of benzene rings is 1. The molecule has 27 heavy (non-hydrogen) atoms. The van der Waals surface area contributed by atoms with Crippen LogP contribution in [0, 0.1) is 10.1 Å². The first-order valence-corrected chi connectivity index (χ1v) is 8.69. The van der Waals surface area contributed by atoms with Crippen LogP contribution in [0.2, 0.25) is 0 Å². The number of rotatable bonds is 7. The van der Waals surface area contributed by atoms with Crippen molar-refractivity contribution in [2.45, 2.75) is 10.3 Å². The molecule has 3 rings (SSSR count). The quantitative estimate of drug-likeness (QED) is 0.357. The van der Waals surface area contributed by atoms with Crippen molar-refractivity contribution in [2.75, 3.05) is 5.32 Å². The lowest BCUT2D eigenvalue weighted by atomic mass is 10.1. The van der Waals surface area contributed by atoms with Crippen LogP contribution in [0.3, 0.4) is 0 Å². The molecule has 0 fully saturated rings. The molecular formula is C18H14N4O4S. The molecular weight excluding hydrogens is 368 g/mol. The average Bonchev–Trinajstić information content (AvgIpc) is 2.68. The van der Waals surface area contributed by atoms with E-state index in [1.807, 2.05) is 6.07 Å². The fraction of sp³-hybridized carbons (Fsp3) is 0.0556. The van der Waals surface area contributed by atoms with Crippen molar-refractivity contribution in [3.63, 3.8) is 0 Å². The third kappa shape index (κ3) is 4.59. The highest BCUT2D eigenvalue weighted by Gasteiger charge is 2.23. The number of hydrogen-bond donors (Lipinski definition) is 2. The van der Waals surface area contributed by atoms with Crippen LogP contribution in [0.15, 0.2) is 72.0 Å². The van der Waals surface area contributed by atoms with E-state index in [0.717, 1.165) is 18.0 Å². The fourth-order valence-corrected chi connectivity index (χ4v) is 3.27. The normalized spacial score (nSPS) is 11.6. The van der Waals surface area contributed by atoms with Crippen molar-refractivity contribution in [2.24, 2.45) is 0 Å². The van der Waals surface area contributed by atoms with Gasteiger partial charge in [0.25, 0.3) is 5.69 Å². The highest BCUT2D eigenvalue weighted by Crippen LogP contribution is 2.38. The van der Waals surface area contributed by atoms with Crippen LogP contribution in [-0.4, -0.2) is 26.0 Å². The molecule has 2 aromatic heterocycles. The van der Waals surface area contributed by atoms with Crippen molar-refractivity contribution in [3.05, 3.63) is 82.7 Å². The van der Waals surface area contributed by atoms with E-state index in [1.165, 1.54) is 12.1 Å². The standard InChI is InChI=1S/C18H14N4O4S/c23-18(24)16(12-5-2-1-3-6-12)27-17-14(7-4-10-19-17)21-15-9-8-13(11-20-15)22(25)26/h1-11,16H,(H,20,21)(H,23,24)/t16-/m0/s1. The predicted molar refractivity (Wildman–Crippen MR) is 101 cm³/mol. The predicted octanol–water partition coefficient (Wildman–Crippen LogP) is 4.05. The van der Waals surface area contributed by atoms with E-state index in [-0.39, 0.29) is 5.69 Å². The Kier molecular flexibility index (Phi) is 5.62. The lowest BCUT2D eigenvalue weighted by Crippen LogP contribution is -2.08. The summed E-state index contributed by atoms with van der Waals surface area (Å²) >= 11 is 1.09. The summed E-state index contributed by atoms with van der Waals surface area (Å²) < 4.78 is 0. The smallest absolute Gasteiger partial charge is 0.321 e. The maximum Gasteiger partial charge on any atom is 0.321 e. The minimum Gasteiger partial charge on any atom is -0.480 e. The van der Waals surface area contributed by atoms with E-state index in [0.29, 0.717) is 22.1 Å². The molecule has 0 unspecified atom stereocenters. The van der Waals surface area contributed by atoms with Crippen molar-refractivity contribution < 1.29 is 14.8 Å². The largest absolute Gasteiger partial charge is 0.480 e. The molecule has 9 heteroatoms. The second kappa shape index (κ2) is 8.28. The topological polar surface area (TPSA) is 118 Å². The van der Waals surface area contributed by atoms with Crippen LogP contribution in [0.4, 0.5) is 17.2 Å². The third-order valence-corrected chi connectivity index (χ3v) is 4.81. The summed E-state index contributed by atoms with van der Waals surface area (Å²) in [4.78, 5) is 30.2. The number of carboxylic acid groups (broad SMARTS) is 1. The van der Waals surface area contributed by atoms with Crippen LogP contribution >= 0.6 is 11.8 Å². The fourth-order valence-electron chi connectivity index (χ4n) is 2.29. The lowest BCUT2D eigenvalue weighted by Gasteiger charge is -2.15. The van der Waals surface area contributed by atoms with Gasteiger partial charge in [-0.1, -0.05) is 42.1 Å². The number of aliphatic carboxylic acids is 1. The second-order valence-electron chi connectivity index (χ2n) is 5.39. The zero-order chi connectivity index (χ0) is 19.2. The highest BCUT2D eigenvalue weighted by atomic mass is 32.2. The third-order valence-electron chi connectivity index (χ3n) is 3.55. The van der Waals surface area contributed by atoms with Gasteiger partial charge in [0.05, 0.1) is 10.6 Å². The summed E-state index contributed by atoms with van der Waals surface area (Å²) in [6.07, 6.45) is 2.72. The lowest BCUT2D eigenvalue weighted by molar-refractivity contribution is -0.385. The Bertz CT molecular complexity index is 951. The summed E-state index contributed by atoms with van der Waals surface area (Å²) in [5.74, 6) is -0.585. The number of hydrogen-bond acceptors (Lipinski definition) is 7. The SMILES string of the molecule is O=C(O)[C@@H](Sc1ncccc1Nc1ccc([N+](=O)[O-])cn1)c1ccccc1. The Labute approximate surface area is 158 Å². The molecule has 0 radical (unpaired) electrons. The molecule has 2 heterocycles. The minimum atomic E-state index is -0.976. The van der Waals surface area contributed by atoms with Crippen LogP contribution < -0.4 is 5.32 Å². The van der Waals surface area contributed by atoms with Crippen molar-refractivity contribution in [1.82, 2.24) is 9.97 Å². The molecule has 0 saturated heterocycles. The molecule has 2 N–H and O–H groups in total. The van der Waals surface area contributed by atoms with Gasteiger partial charge in [-0.2, -0.15) is 0 Å². The van der Waals surface area contributed by atoms with E-state index in [4.69, 9.17) is 0 Å². The maximum absolute atomic E-state index is 11.7. The van der Waals surface area contributed by atoms with E-state index >= 15 is 0 Å². The number of carboxylic acids is 1. The monoisotopic (exact) mass is 382 g/mol. The van der Waals surface area contributed by atoms with Gasteiger partial charge >= 0.3 is 5.97 Å². The molecule has 0 spiro atoms. The molecule has 1 aromatic carbocycles. The minimum absolute atomic E-state index is 0.114. The maximum atomic E-state index is 11.7. The van der Waals surface area contributed by atoms with Gasteiger partial charge in [0.1, 0.15) is 22.3 Å². The van der Waals surface area contributed by atoms with Gasteiger partial charge in [0, 0.05) is 12.3 Å². The van der Waals surface area contributed by atoms with E-state index in [9.17, 15) is 20.0 Å². The van der Waals surface area contributed by atoms with Gasteiger partial charge in [-0.25, -0.2) is 9.97 Å². The van der Waals surface area contributed by atoms with E-state index in [2.05, 4.69) is 15.3 Å². The molecule has 0 aliphatic carbocycles. The Morgan fingerprint density at radius 3 is 2.52 bits per heavy atom. The number of carbonyl (C=O) groups is 1. The second-order valence-corrected chi connectivity index (χ2v) is 6.48. The zero-order valence-electron chi connectivity index (χ0n) is 13.9. The first kappa shape index (κ1) is 18.3. The highest BCUT2D eigenvalue weighted by molar-refractivity contribution is 8.00. The first-order valence-electron chi connectivity index (χ1n) is 7.81. The Morgan fingerprint density at radius 1 is 1.11 bits per heavy atom. The summed E-state index contributed by atoms with van der Waals surface area (Å²) in [6.45, 7) is 0. The number of pyridine rings is 2. The summed E-state index contributed by atoms with van der Waals surface area (Å²) in [5, 5.41) is 23.0. The van der Waals surface area contributed by atoms with Crippen molar-refractivity contribution in [1.29, 1.82) is 0 Å². The van der Waals surface area contributed by atoms with Crippen molar-refractivity contribution in [3.8, 4) is 0 Å². The van der Waals surface area contributed by atoms with E-state index < -0.39 is 16.1 Å². The molecule has 0 aliphatic heterocycles. The molecule has 0 aliphatic rings. The molecule has 136 valence electrons. The Balaban J connectivity index is 1.85. The number of aromatic nitrogens is 2. The number of nitro groups is 1. The van der Waals surface area contributed by atoms with Crippen LogP contribution in [0.25, 0.3) is 0 Å². The van der Waals surface area contributed by atoms with Crippen LogP contribution in [0.1, 0.15) is 10.8 Å². The van der Waals surface area contributed by atoms with Gasteiger partial charge in [0.2, 0.25) is 0 Å². The van der Waals surface area contributed by atoms with Gasteiger partial charge in [0.15, 0.2) is 0 Å². The molecule has 0 amide bonds. The van der Waals surface area contributed by atoms with Gasteiger partial charge in [-0.05, 0) is 23.8 Å². The molecule has 8 nitrogen and oxygen atoms in total. The van der Waals surface area contributed by atoms with Crippen LogP contribution in [0.5, 0.6) is 0 Å². The number of thioether (sulfide) groups is 1. The molecule has 0 saturated carbocycles. The Morgan fingerprint density at radius 2 is 1.89 bits per heavy atom. The summed E-state index contributed by atoms with van der Waals surface area (Å²) in [7, 11) is 0. The Hall–Kier alpha value is -3.46. The van der Waals surface area contributed by atoms with Crippen molar-refractivity contribution >= 4 is 34.9 Å². The number of nitrogens with zero attached hydrogens (tertiary/aromatic N) is 3. The van der Waals surface area contributed by atoms with Crippen LogP contribution in [-0.2, 0) is 4.79 Å². The van der Waals surface area contributed by atoms with Gasteiger partial charge in [-0.3, -0.25) is 14.9 Å². The van der Waals surface area contributed by atoms with Gasteiger partial charge < -0.3 is 10.4 Å². The average molecular weight is 382 g/mol.